The van der Waals surface area contributed by atoms with Crippen molar-refractivity contribution < 1.29 is 14.3 Å². The maximum absolute atomic E-state index is 12.3. The largest absolute Gasteiger partial charge is 0.484 e. The lowest BCUT2D eigenvalue weighted by atomic mass is 10.1. The van der Waals surface area contributed by atoms with Crippen molar-refractivity contribution in [3.63, 3.8) is 0 Å². The Kier molecular flexibility index (Phi) is 5.40. The smallest absolute Gasteiger partial charge is 0.216 e. The average molecular weight is 375 g/mol. The zero-order chi connectivity index (χ0) is 17.3. The number of hydrogen-bond donors (Lipinski definition) is 1. The van der Waals surface area contributed by atoms with E-state index in [1.165, 1.54) is 19.1 Å². The first-order chi connectivity index (χ1) is 10.7. The van der Waals surface area contributed by atoms with Gasteiger partial charge in [0.05, 0.1) is 20.8 Å². The van der Waals surface area contributed by atoms with Gasteiger partial charge in [0, 0.05) is 17.3 Å². The molecule has 1 heterocycles. The first-order valence-electron chi connectivity index (χ1n) is 6.73. The Morgan fingerprint density at radius 1 is 1.09 bits per heavy atom. The second kappa shape index (κ2) is 6.95. The Morgan fingerprint density at radius 2 is 1.70 bits per heavy atom. The summed E-state index contributed by atoms with van der Waals surface area (Å²) in [7, 11) is 0. The van der Waals surface area contributed by atoms with E-state index >= 15 is 0 Å². The van der Waals surface area contributed by atoms with Crippen molar-refractivity contribution in [1.29, 1.82) is 0 Å². The third-order valence-electron chi connectivity index (χ3n) is 3.40. The number of nitrogens with one attached hydrogen (secondary N) is 1. The molecule has 122 valence electrons. The van der Waals surface area contributed by atoms with E-state index in [4.69, 9.17) is 39.5 Å². The Morgan fingerprint density at radius 3 is 2.26 bits per heavy atom. The quantitative estimate of drug-likeness (QED) is 0.588. The van der Waals surface area contributed by atoms with Gasteiger partial charge in [0.25, 0.3) is 0 Å². The Labute approximate surface area is 148 Å². The number of hydrogen-bond acceptors (Lipinski definition) is 3. The molecule has 0 bridgehead atoms. The van der Waals surface area contributed by atoms with E-state index < -0.39 is 0 Å². The molecule has 1 aromatic heterocycles. The summed E-state index contributed by atoms with van der Waals surface area (Å²) in [5.41, 5.74) is 2.15. The average Bonchev–Trinajstić information content (AvgIpc) is 2.76. The third-order valence-corrected chi connectivity index (χ3v) is 4.42. The van der Waals surface area contributed by atoms with Crippen LogP contribution in [-0.2, 0) is 0 Å². The number of ketones is 2. The van der Waals surface area contributed by atoms with Crippen LogP contribution in [0.4, 0.5) is 0 Å². The second-order valence-corrected chi connectivity index (χ2v) is 6.31. The zero-order valence-corrected chi connectivity index (χ0v) is 15.0. The number of ether oxygens (including phenoxy) is 1. The molecule has 0 aliphatic rings. The minimum atomic E-state index is -0.291. The molecule has 23 heavy (non-hydrogen) atoms. The summed E-state index contributed by atoms with van der Waals surface area (Å²) >= 11 is 17.7. The van der Waals surface area contributed by atoms with Crippen LogP contribution in [0, 0.1) is 13.8 Å². The Balaban J connectivity index is 2.19. The number of benzene rings is 1. The first kappa shape index (κ1) is 17.9. The van der Waals surface area contributed by atoms with Gasteiger partial charge < -0.3 is 9.72 Å². The van der Waals surface area contributed by atoms with Crippen molar-refractivity contribution in [1.82, 2.24) is 4.98 Å². The molecule has 7 heteroatoms. The predicted octanol–water partition coefficient (Wildman–Crippen LogP) is 5.06. The van der Waals surface area contributed by atoms with Crippen LogP contribution < -0.4 is 4.74 Å². The molecule has 0 unspecified atom stereocenters. The summed E-state index contributed by atoms with van der Waals surface area (Å²) in [6.07, 6.45) is 0. The van der Waals surface area contributed by atoms with Crippen LogP contribution in [0.5, 0.6) is 5.75 Å². The highest BCUT2D eigenvalue weighted by atomic mass is 35.5. The van der Waals surface area contributed by atoms with Gasteiger partial charge in [-0.05, 0) is 32.4 Å². The summed E-state index contributed by atoms with van der Waals surface area (Å²) in [6.45, 7) is 4.69. The Hall–Kier alpha value is -1.49. The van der Waals surface area contributed by atoms with Crippen molar-refractivity contribution in [3.8, 4) is 5.75 Å². The van der Waals surface area contributed by atoms with Crippen LogP contribution in [0.25, 0.3) is 0 Å². The SMILES string of the molecule is CC(=O)c1c(C)[nH]c(C(=O)COc2cc(Cl)c(Cl)cc2Cl)c1C. The van der Waals surface area contributed by atoms with Gasteiger partial charge in [-0.15, -0.1) is 0 Å². The number of aromatic nitrogens is 1. The molecule has 0 saturated carbocycles. The molecular weight excluding hydrogens is 361 g/mol. The minimum Gasteiger partial charge on any atom is -0.484 e. The van der Waals surface area contributed by atoms with Gasteiger partial charge in [-0.25, -0.2) is 0 Å². The molecule has 0 saturated heterocycles. The van der Waals surface area contributed by atoms with E-state index in [1.54, 1.807) is 13.8 Å². The fraction of sp³-hybridized carbons (Fsp3) is 0.250. The van der Waals surface area contributed by atoms with Crippen molar-refractivity contribution >= 4 is 46.4 Å². The molecule has 4 nitrogen and oxygen atoms in total. The lowest BCUT2D eigenvalue weighted by molar-refractivity contribution is 0.0916. The highest BCUT2D eigenvalue weighted by molar-refractivity contribution is 6.43. The summed E-state index contributed by atoms with van der Waals surface area (Å²) in [6, 6.07) is 2.90. The summed E-state index contributed by atoms with van der Waals surface area (Å²) in [5.74, 6) is -0.119. The third kappa shape index (κ3) is 3.71. The van der Waals surface area contributed by atoms with E-state index in [0.29, 0.717) is 27.5 Å². The molecule has 0 spiro atoms. The van der Waals surface area contributed by atoms with E-state index in [2.05, 4.69) is 4.98 Å². The maximum atomic E-state index is 12.3. The predicted molar refractivity (Wildman–Crippen MR) is 91.6 cm³/mol. The van der Waals surface area contributed by atoms with Crippen LogP contribution in [0.3, 0.4) is 0 Å². The summed E-state index contributed by atoms with van der Waals surface area (Å²) in [4.78, 5) is 26.9. The highest BCUT2D eigenvalue weighted by Crippen LogP contribution is 2.34. The fourth-order valence-electron chi connectivity index (χ4n) is 2.39. The van der Waals surface area contributed by atoms with E-state index in [-0.39, 0.29) is 34.0 Å². The number of H-pyrrole nitrogens is 1. The molecule has 0 amide bonds. The van der Waals surface area contributed by atoms with Gasteiger partial charge in [0.15, 0.2) is 12.4 Å². The molecule has 1 N–H and O–H groups in total. The number of Topliss-reactive ketones (excluding diaryl/α,β-unsaturated/α-hetero) is 2. The van der Waals surface area contributed by atoms with Crippen LogP contribution in [0.15, 0.2) is 12.1 Å². The number of halogens is 3. The topological polar surface area (TPSA) is 59.2 Å². The number of aromatic amines is 1. The van der Waals surface area contributed by atoms with Crippen LogP contribution >= 0.6 is 34.8 Å². The molecule has 0 aliphatic heterocycles. The van der Waals surface area contributed by atoms with Crippen LogP contribution in [-0.4, -0.2) is 23.2 Å². The van der Waals surface area contributed by atoms with Crippen LogP contribution in [0.2, 0.25) is 15.1 Å². The second-order valence-electron chi connectivity index (χ2n) is 5.09. The first-order valence-corrected chi connectivity index (χ1v) is 7.86. The monoisotopic (exact) mass is 373 g/mol. The van der Waals surface area contributed by atoms with Gasteiger partial charge in [-0.2, -0.15) is 0 Å². The molecule has 0 fully saturated rings. The molecule has 2 aromatic rings. The highest BCUT2D eigenvalue weighted by Gasteiger charge is 2.20. The van der Waals surface area contributed by atoms with Crippen molar-refractivity contribution in [2.45, 2.75) is 20.8 Å². The summed E-state index contributed by atoms with van der Waals surface area (Å²) in [5, 5.41) is 0.845. The fourth-order valence-corrected chi connectivity index (χ4v) is 2.98. The van der Waals surface area contributed by atoms with Gasteiger partial charge >= 0.3 is 0 Å². The summed E-state index contributed by atoms with van der Waals surface area (Å²) < 4.78 is 5.42. The van der Waals surface area contributed by atoms with Crippen molar-refractivity contribution in [3.05, 3.63) is 49.7 Å². The normalized spacial score (nSPS) is 10.7. The maximum Gasteiger partial charge on any atom is 0.216 e. The Bertz CT molecular complexity index is 796. The van der Waals surface area contributed by atoms with E-state index in [0.717, 1.165) is 0 Å². The van der Waals surface area contributed by atoms with Crippen molar-refractivity contribution in [2.75, 3.05) is 6.61 Å². The number of rotatable bonds is 5. The van der Waals surface area contributed by atoms with Gasteiger partial charge in [0.1, 0.15) is 5.75 Å². The molecular formula is C16H14Cl3NO3. The van der Waals surface area contributed by atoms with Crippen molar-refractivity contribution in [2.24, 2.45) is 0 Å². The standard InChI is InChI=1S/C16H14Cl3NO3/c1-7-15(9(3)21)8(2)20-16(7)13(22)6-23-14-5-11(18)10(17)4-12(14)19/h4-5,20H,6H2,1-3H3. The van der Waals surface area contributed by atoms with E-state index in [9.17, 15) is 9.59 Å². The van der Waals surface area contributed by atoms with Gasteiger partial charge in [-0.3, -0.25) is 9.59 Å². The molecule has 2 rings (SSSR count). The van der Waals surface area contributed by atoms with Gasteiger partial charge in [-0.1, -0.05) is 34.8 Å². The molecule has 0 radical (unpaired) electrons. The molecule has 0 aliphatic carbocycles. The number of aryl methyl sites for hydroxylation is 1. The number of carbonyl (C=O) groups excluding carboxylic acids is 2. The van der Waals surface area contributed by atoms with Gasteiger partial charge in [0.2, 0.25) is 5.78 Å². The number of carbonyl (C=O) groups is 2. The zero-order valence-electron chi connectivity index (χ0n) is 12.7. The van der Waals surface area contributed by atoms with Crippen LogP contribution in [0.1, 0.15) is 39.0 Å². The lowest BCUT2D eigenvalue weighted by Gasteiger charge is -2.08. The minimum absolute atomic E-state index is 0.0938. The molecule has 1 aromatic carbocycles. The lowest BCUT2D eigenvalue weighted by Crippen LogP contribution is -2.13. The van der Waals surface area contributed by atoms with E-state index in [1.807, 2.05) is 0 Å². The molecule has 0 atom stereocenters.